The first-order valence-corrected chi connectivity index (χ1v) is 12.2. The number of fused-ring (bicyclic) bond motifs is 2. The van der Waals surface area contributed by atoms with E-state index in [2.05, 4.69) is 16.4 Å². The van der Waals surface area contributed by atoms with Crippen molar-refractivity contribution >= 4 is 68.1 Å². The van der Waals surface area contributed by atoms with Gasteiger partial charge in [0.05, 0.1) is 26.6 Å². The summed E-state index contributed by atoms with van der Waals surface area (Å²) in [6.45, 7) is 0.729. The maximum atomic E-state index is 12.8. The van der Waals surface area contributed by atoms with Gasteiger partial charge in [0, 0.05) is 17.9 Å². The van der Waals surface area contributed by atoms with Gasteiger partial charge in [0.2, 0.25) is 5.91 Å². The first kappa shape index (κ1) is 21.0. The SMILES string of the molecule is O=C(Nc1ccc2nc(SCC(=O)N3CCc4ccccc43)sc2c1)c1ccccc1Cl. The molecular weight excluding hydrogens is 462 g/mol. The van der Waals surface area contributed by atoms with Crippen LogP contribution in [0.3, 0.4) is 0 Å². The lowest BCUT2D eigenvalue weighted by atomic mass is 10.2. The number of para-hydroxylation sites is 1. The number of nitrogens with zero attached hydrogens (tertiary/aromatic N) is 2. The monoisotopic (exact) mass is 479 g/mol. The van der Waals surface area contributed by atoms with Gasteiger partial charge in [0.15, 0.2) is 4.34 Å². The van der Waals surface area contributed by atoms with Crippen LogP contribution in [0.4, 0.5) is 11.4 Å². The molecule has 0 bridgehead atoms. The van der Waals surface area contributed by atoms with Crippen LogP contribution < -0.4 is 10.2 Å². The van der Waals surface area contributed by atoms with Crippen molar-refractivity contribution < 1.29 is 9.59 Å². The zero-order valence-corrected chi connectivity index (χ0v) is 19.3. The minimum absolute atomic E-state index is 0.0897. The highest BCUT2D eigenvalue weighted by Crippen LogP contribution is 2.33. The van der Waals surface area contributed by atoms with Crippen LogP contribution in [-0.4, -0.2) is 29.1 Å². The average Bonchev–Trinajstić information content (AvgIpc) is 3.41. The zero-order valence-electron chi connectivity index (χ0n) is 16.9. The molecule has 4 aromatic rings. The molecule has 1 aliphatic rings. The topological polar surface area (TPSA) is 62.3 Å². The van der Waals surface area contributed by atoms with Gasteiger partial charge in [-0.2, -0.15) is 0 Å². The highest BCUT2D eigenvalue weighted by atomic mass is 35.5. The highest BCUT2D eigenvalue weighted by Gasteiger charge is 2.24. The van der Waals surface area contributed by atoms with Crippen molar-refractivity contribution in [3.05, 3.63) is 82.9 Å². The summed E-state index contributed by atoms with van der Waals surface area (Å²) >= 11 is 9.07. The van der Waals surface area contributed by atoms with Crippen LogP contribution >= 0.6 is 34.7 Å². The standard InChI is InChI=1S/C24H18ClN3O2S2/c25-18-7-3-2-6-17(18)23(30)26-16-9-10-19-21(13-16)32-24(27-19)31-14-22(29)28-12-11-15-5-1-4-8-20(15)28/h1-10,13H,11-12,14H2,(H,26,30). The molecule has 1 aliphatic heterocycles. The molecule has 0 atom stereocenters. The maximum absolute atomic E-state index is 12.8. The lowest BCUT2D eigenvalue weighted by molar-refractivity contribution is -0.116. The summed E-state index contributed by atoms with van der Waals surface area (Å²) in [6, 6.07) is 20.6. The molecule has 0 saturated carbocycles. The number of hydrogen-bond acceptors (Lipinski definition) is 5. The van der Waals surface area contributed by atoms with E-state index >= 15 is 0 Å². The molecular formula is C24H18ClN3O2S2. The Morgan fingerprint density at radius 3 is 2.78 bits per heavy atom. The number of aromatic nitrogens is 1. The highest BCUT2D eigenvalue weighted by molar-refractivity contribution is 8.01. The Morgan fingerprint density at radius 1 is 1.09 bits per heavy atom. The Labute approximate surface area is 198 Å². The molecule has 0 unspecified atom stereocenters. The third kappa shape index (κ3) is 4.24. The Balaban J connectivity index is 1.26. The van der Waals surface area contributed by atoms with E-state index in [1.165, 1.54) is 28.7 Å². The number of nitrogens with one attached hydrogen (secondary N) is 1. The minimum Gasteiger partial charge on any atom is -0.322 e. The largest absolute Gasteiger partial charge is 0.322 e. The van der Waals surface area contributed by atoms with Gasteiger partial charge in [-0.1, -0.05) is 53.7 Å². The van der Waals surface area contributed by atoms with E-state index in [0.717, 1.165) is 33.2 Å². The number of rotatable bonds is 5. The number of carbonyl (C=O) groups excluding carboxylic acids is 2. The fraction of sp³-hybridized carbons (Fsp3) is 0.125. The van der Waals surface area contributed by atoms with Gasteiger partial charge in [0.25, 0.3) is 5.91 Å². The molecule has 160 valence electrons. The third-order valence-corrected chi connectivity index (χ3v) is 7.73. The van der Waals surface area contributed by atoms with Gasteiger partial charge in [-0.15, -0.1) is 11.3 Å². The number of carbonyl (C=O) groups is 2. The van der Waals surface area contributed by atoms with Gasteiger partial charge < -0.3 is 10.2 Å². The van der Waals surface area contributed by atoms with Crippen molar-refractivity contribution in [2.75, 3.05) is 22.5 Å². The Bertz CT molecular complexity index is 1340. The fourth-order valence-corrected chi connectivity index (χ4v) is 5.89. The first-order chi connectivity index (χ1) is 15.6. The van der Waals surface area contributed by atoms with Crippen molar-refractivity contribution in [3.8, 4) is 0 Å². The second kappa shape index (κ2) is 8.94. The molecule has 0 aliphatic carbocycles. The number of amides is 2. The number of hydrogen-bond donors (Lipinski definition) is 1. The summed E-state index contributed by atoms with van der Waals surface area (Å²) in [7, 11) is 0. The summed E-state index contributed by atoms with van der Waals surface area (Å²) in [5, 5.41) is 3.30. The van der Waals surface area contributed by atoms with Crippen LogP contribution in [-0.2, 0) is 11.2 Å². The number of benzene rings is 3. The Kier molecular flexibility index (Phi) is 5.87. The molecule has 0 fully saturated rings. The smallest absolute Gasteiger partial charge is 0.257 e. The molecule has 0 spiro atoms. The summed E-state index contributed by atoms with van der Waals surface area (Å²) in [6.07, 6.45) is 0.899. The normalized spacial score (nSPS) is 12.7. The van der Waals surface area contributed by atoms with Crippen LogP contribution in [0.2, 0.25) is 5.02 Å². The predicted octanol–water partition coefficient (Wildman–Crippen LogP) is 5.88. The minimum atomic E-state index is -0.259. The summed E-state index contributed by atoms with van der Waals surface area (Å²) < 4.78 is 1.78. The lowest BCUT2D eigenvalue weighted by Gasteiger charge is -2.16. The van der Waals surface area contributed by atoms with E-state index in [1.807, 2.05) is 41.3 Å². The molecule has 1 N–H and O–H groups in total. The molecule has 32 heavy (non-hydrogen) atoms. The van der Waals surface area contributed by atoms with Crippen LogP contribution in [0, 0.1) is 0 Å². The van der Waals surface area contributed by atoms with Crippen LogP contribution in [0.25, 0.3) is 10.2 Å². The molecule has 5 nitrogen and oxygen atoms in total. The summed E-state index contributed by atoms with van der Waals surface area (Å²) in [5.41, 5.74) is 4.18. The number of thioether (sulfide) groups is 1. The molecule has 5 rings (SSSR count). The maximum Gasteiger partial charge on any atom is 0.257 e. The van der Waals surface area contributed by atoms with Crippen LogP contribution in [0.1, 0.15) is 15.9 Å². The van der Waals surface area contributed by atoms with E-state index in [0.29, 0.717) is 22.0 Å². The summed E-state index contributed by atoms with van der Waals surface area (Å²) in [5.74, 6) is 0.169. The van der Waals surface area contributed by atoms with Crippen molar-refractivity contribution in [3.63, 3.8) is 0 Å². The molecule has 8 heteroatoms. The number of thiazole rings is 1. The fourth-order valence-electron chi connectivity index (χ4n) is 3.69. The third-order valence-electron chi connectivity index (χ3n) is 5.25. The first-order valence-electron chi connectivity index (χ1n) is 10.1. The second-order valence-electron chi connectivity index (χ2n) is 7.31. The average molecular weight is 480 g/mol. The number of halogens is 1. The van der Waals surface area contributed by atoms with Crippen LogP contribution in [0.15, 0.2) is 71.1 Å². The Morgan fingerprint density at radius 2 is 1.91 bits per heavy atom. The second-order valence-corrected chi connectivity index (χ2v) is 9.97. The van der Waals surface area contributed by atoms with Crippen molar-refractivity contribution in [1.29, 1.82) is 0 Å². The van der Waals surface area contributed by atoms with Gasteiger partial charge in [-0.25, -0.2) is 4.98 Å². The van der Waals surface area contributed by atoms with Crippen molar-refractivity contribution in [1.82, 2.24) is 4.98 Å². The van der Waals surface area contributed by atoms with E-state index in [9.17, 15) is 9.59 Å². The van der Waals surface area contributed by atoms with E-state index in [-0.39, 0.29) is 11.8 Å². The molecule has 0 radical (unpaired) electrons. The molecule has 3 aromatic carbocycles. The van der Waals surface area contributed by atoms with Crippen molar-refractivity contribution in [2.45, 2.75) is 10.8 Å². The zero-order chi connectivity index (χ0) is 22.1. The lowest BCUT2D eigenvalue weighted by Crippen LogP contribution is -2.30. The molecule has 1 aromatic heterocycles. The van der Waals surface area contributed by atoms with E-state index in [1.54, 1.807) is 24.3 Å². The molecule has 0 saturated heterocycles. The number of anilines is 2. The molecule has 2 amide bonds. The van der Waals surface area contributed by atoms with E-state index in [4.69, 9.17) is 11.6 Å². The van der Waals surface area contributed by atoms with Crippen molar-refractivity contribution in [2.24, 2.45) is 0 Å². The van der Waals surface area contributed by atoms with E-state index < -0.39 is 0 Å². The molecule has 2 heterocycles. The predicted molar refractivity (Wildman–Crippen MR) is 132 cm³/mol. The quantitative estimate of drug-likeness (QED) is 0.363. The van der Waals surface area contributed by atoms with Gasteiger partial charge in [-0.05, 0) is 48.4 Å². The van der Waals surface area contributed by atoms with Gasteiger partial charge in [0.1, 0.15) is 0 Å². The van der Waals surface area contributed by atoms with Crippen LogP contribution in [0.5, 0.6) is 0 Å². The van der Waals surface area contributed by atoms with Gasteiger partial charge >= 0.3 is 0 Å². The summed E-state index contributed by atoms with van der Waals surface area (Å²) in [4.78, 5) is 31.8. The van der Waals surface area contributed by atoms with Gasteiger partial charge in [-0.3, -0.25) is 9.59 Å². The Hall–Kier alpha value is -2.87.